The van der Waals surface area contributed by atoms with Gasteiger partial charge in [0.05, 0.1) is 12.3 Å². The van der Waals surface area contributed by atoms with Crippen molar-refractivity contribution in [2.24, 2.45) is 5.10 Å². The smallest absolute Gasteiger partial charge is 0.205 e. The number of nitrogens with zero attached hydrogens (tertiary/aromatic N) is 2. The van der Waals surface area contributed by atoms with Crippen molar-refractivity contribution in [1.82, 2.24) is 4.98 Å². The number of nitrogens with one attached hydrogen (secondary N) is 1. The van der Waals surface area contributed by atoms with Crippen molar-refractivity contribution >= 4 is 28.5 Å². The minimum absolute atomic E-state index is 0.177. The highest BCUT2D eigenvalue weighted by molar-refractivity contribution is 7.14. The fourth-order valence-corrected chi connectivity index (χ4v) is 1.95. The lowest BCUT2D eigenvalue weighted by Crippen LogP contribution is -2.05. The van der Waals surface area contributed by atoms with E-state index in [1.807, 2.05) is 38.1 Å². The molecule has 0 saturated carbocycles. The van der Waals surface area contributed by atoms with Gasteiger partial charge in [0, 0.05) is 5.38 Å². The van der Waals surface area contributed by atoms with Crippen LogP contribution in [0.2, 0.25) is 0 Å². The van der Waals surface area contributed by atoms with E-state index >= 15 is 0 Å². The Morgan fingerprint density at radius 2 is 2.11 bits per heavy atom. The zero-order valence-electron chi connectivity index (χ0n) is 10.8. The van der Waals surface area contributed by atoms with Crippen LogP contribution >= 0.6 is 11.3 Å². The van der Waals surface area contributed by atoms with Crippen LogP contribution in [0.25, 0.3) is 0 Å². The molecular formula is C13H16N4OS. The molecule has 0 amide bonds. The van der Waals surface area contributed by atoms with Gasteiger partial charge in [0.15, 0.2) is 0 Å². The lowest BCUT2D eigenvalue weighted by atomic mass is 10.2. The molecule has 0 fully saturated rings. The van der Waals surface area contributed by atoms with Crippen molar-refractivity contribution < 1.29 is 4.74 Å². The molecule has 0 radical (unpaired) electrons. The van der Waals surface area contributed by atoms with Crippen molar-refractivity contribution in [3.63, 3.8) is 0 Å². The summed E-state index contributed by atoms with van der Waals surface area (Å²) in [5.74, 6) is 1.35. The molecule has 0 unspecified atom stereocenters. The number of nitrogen functional groups attached to an aromatic ring is 1. The number of hydrogen-bond acceptors (Lipinski definition) is 6. The number of hydrazone groups is 1. The number of rotatable bonds is 5. The van der Waals surface area contributed by atoms with Gasteiger partial charge in [-0.25, -0.2) is 4.98 Å². The summed E-state index contributed by atoms with van der Waals surface area (Å²) < 4.78 is 5.56. The number of ether oxygens (including phenoxy) is 1. The maximum Gasteiger partial charge on any atom is 0.205 e. The van der Waals surface area contributed by atoms with E-state index in [1.165, 1.54) is 11.3 Å². The van der Waals surface area contributed by atoms with Crippen LogP contribution in [-0.2, 0) is 0 Å². The molecule has 0 saturated heterocycles. The van der Waals surface area contributed by atoms with Crippen molar-refractivity contribution in [2.75, 3.05) is 11.2 Å². The lowest BCUT2D eigenvalue weighted by Gasteiger charge is -2.08. The number of aromatic nitrogens is 1. The Balaban J connectivity index is 1.92. The average molecular weight is 276 g/mol. The Morgan fingerprint density at radius 1 is 1.37 bits per heavy atom. The predicted molar refractivity (Wildman–Crippen MR) is 79.9 cm³/mol. The molecule has 0 atom stereocenters. The zero-order chi connectivity index (χ0) is 13.7. The maximum absolute atomic E-state index is 5.56. The van der Waals surface area contributed by atoms with E-state index < -0.39 is 0 Å². The SMILES string of the molecule is CC(C)Oc1ccc(C=NNc2nc(N)cs2)cc1. The van der Waals surface area contributed by atoms with Crippen molar-refractivity contribution in [2.45, 2.75) is 20.0 Å². The van der Waals surface area contributed by atoms with Crippen LogP contribution < -0.4 is 15.9 Å². The van der Waals surface area contributed by atoms with E-state index in [1.54, 1.807) is 11.6 Å². The van der Waals surface area contributed by atoms with E-state index in [4.69, 9.17) is 10.5 Å². The molecule has 0 spiro atoms. The van der Waals surface area contributed by atoms with Crippen molar-refractivity contribution in [1.29, 1.82) is 0 Å². The first-order valence-electron chi connectivity index (χ1n) is 5.90. The summed E-state index contributed by atoms with van der Waals surface area (Å²) in [5.41, 5.74) is 9.32. The van der Waals surface area contributed by atoms with E-state index in [2.05, 4.69) is 15.5 Å². The molecule has 0 aliphatic rings. The number of hydrogen-bond donors (Lipinski definition) is 2. The second-order valence-corrected chi connectivity index (χ2v) is 5.04. The molecule has 2 aromatic rings. The van der Waals surface area contributed by atoms with E-state index in [-0.39, 0.29) is 6.10 Å². The Bertz CT molecular complexity index is 548. The van der Waals surface area contributed by atoms with Gasteiger partial charge in [0.1, 0.15) is 11.6 Å². The van der Waals surface area contributed by atoms with Crippen LogP contribution in [0, 0.1) is 0 Å². The molecule has 1 aromatic heterocycles. The third kappa shape index (κ3) is 4.26. The van der Waals surface area contributed by atoms with Gasteiger partial charge in [-0.3, -0.25) is 5.43 Å². The van der Waals surface area contributed by atoms with Gasteiger partial charge in [0.2, 0.25) is 5.13 Å². The second-order valence-electron chi connectivity index (χ2n) is 4.18. The van der Waals surface area contributed by atoms with Crippen LogP contribution in [-0.4, -0.2) is 17.3 Å². The summed E-state index contributed by atoms with van der Waals surface area (Å²) in [7, 11) is 0. The highest BCUT2D eigenvalue weighted by atomic mass is 32.1. The topological polar surface area (TPSA) is 72.5 Å². The maximum atomic E-state index is 5.56. The summed E-state index contributed by atoms with van der Waals surface area (Å²) >= 11 is 1.41. The van der Waals surface area contributed by atoms with E-state index in [9.17, 15) is 0 Å². The largest absolute Gasteiger partial charge is 0.491 e. The van der Waals surface area contributed by atoms with Crippen LogP contribution in [0.15, 0.2) is 34.7 Å². The minimum atomic E-state index is 0.177. The van der Waals surface area contributed by atoms with E-state index in [0.29, 0.717) is 10.9 Å². The van der Waals surface area contributed by atoms with Crippen molar-refractivity contribution in [3.05, 3.63) is 35.2 Å². The highest BCUT2D eigenvalue weighted by Gasteiger charge is 1.97. The zero-order valence-corrected chi connectivity index (χ0v) is 11.6. The van der Waals surface area contributed by atoms with Crippen molar-refractivity contribution in [3.8, 4) is 5.75 Å². The first kappa shape index (κ1) is 13.4. The predicted octanol–water partition coefficient (Wildman–Crippen LogP) is 2.96. The van der Waals surface area contributed by atoms with Gasteiger partial charge >= 0.3 is 0 Å². The Hall–Kier alpha value is -2.08. The quantitative estimate of drug-likeness (QED) is 0.650. The van der Waals surface area contributed by atoms with Gasteiger partial charge in [-0.15, -0.1) is 11.3 Å². The summed E-state index contributed by atoms with van der Waals surface area (Å²) in [4.78, 5) is 4.04. The number of anilines is 2. The lowest BCUT2D eigenvalue weighted by molar-refractivity contribution is 0.242. The molecule has 1 heterocycles. The van der Waals surface area contributed by atoms with Crippen LogP contribution in [0.4, 0.5) is 10.9 Å². The molecule has 3 N–H and O–H groups in total. The Kier molecular flexibility index (Phi) is 4.35. The first-order valence-corrected chi connectivity index (χ1v) is 6.78. The molecule has 0 aliphatic carbocycles. The summed E-state index contributed by atoms with van der Waals surface area (Å²) in [6.07, 6.45) is 1.90. The number of nitrogens with two attached hydrogens (primary N) is 1. The normalized spacial score (nSPS) is 11.1. The fourth-order valence-electron chi connectivity index (χ4n) is 1.40. The molecule has 100 valence electrons. The standard InChI is InChI=1S/C13H16N4OS/c1-9(2)18-11-5-3-10(4-6-11)7-15-17-13-16-12(14)8-19-13/h3-9H,14H2,1-2H3,(H,16,17). The van der Waals surface area contributed by atoms with Gasteiger partial charge < -0.3 is 10.5 Å². The van der Waals surface area contributed by atoms with Gasteiger partial charge in [0.25, 0.3) is 0 Å². The molecule has 1 aromatic carbocycles. The van der Waals surface area contributed by atoms with Gasteiger partial charge in [-0.1, -0.05) is 0 Å². The molecule has 2 rings (SSSR count). The third-order valence-corrected chi connectivity index (χ3v) is 2.91. The summed E-state index contributed by atoms with van der Waals surface area (Å²) in [6.45, 7) is 4.00. The Labute approximate surface area is 116 Å². The molecule has 0 aliphatic heterocycles. The van der Waals surface area contributed by atoms with Crippen LogP contribution in [0.5, 0.6) is 5.75 Å². The molecule has 19 heavy (non-hydrogen) atoms. The Morgan fingerprint density at radius 3 is 2.68 bits per heavy atom. The monoisotopic (exact) mass is 276 g/mol. The van der Waals surface area contributed by atoms with Crippen LogP contribution in [0.1, 0.15) is 19.4 Å². The molecule has 0 bridgehead atoms. The van der Waals surface area contributed by atoms with E-state index in [0.717, 1.165) is 11.3 Å². The van der Waals surface area contributed by atoms with Gasteiger partial charge in [-0.2, -0.15) is 5.10 Å². The molecule has 5 nitrogen and oxygen atoms in total. The fraction of sp³-hybridized carbons (Fsp3) is 0.231. The summed E-state index contributed by atoms with van der Waals surface area (Å²) in [6, 6.07) is 7.73. The average Bonchev–Trinajstić information content (AvgIpc) is 2.77. The highest BCUT2D eigenvalue weighted by Crippen LogP contribution is 2.16. The first-order chi connectivity index (χ1) is 9.13. The number of thiazole rings is 1. The van der Waals surface area contributed by atoms with Crippen LogP contribution in [0.3, 0.4) is 0 Å². The number of benzene rings is 1. The summed E-state index contributed by atoms with van der Waals surface area (Å²) in [5, 5.41) is 6.53. The van der Waals surface area contributed by atoms with Gasteiger partial charge in [-0.05, 0) is 43.7 Å². The third-order valence-electron chi connectivity index (χ3n) is 2.15. The minimum Gasteiger partial charge on any atom is -0.491 e. The molecule has 6 heteroatoms. The second kappa shape index (κ2) is 6.19. The molecular weight excluding hydrogens is 260 g/mol.